The third-order valence-corrected chi connectivity index (χ3v) is 3.31. The van der Waals surface area contributed by atoms with Crippen LogP contribution >= 0.6 is 0 Å². The fourth-order valence-electron chi connectivity index (χ4n) is 2.04. The van der Waals surface area contributed by atoms with Crippen LogP contribution in [0.15, 0.2) is 42.6 Å². The Morgan fingerprint density at radius 2 is 2.05 bits per heavy atom. The maximum absolute atomic E-state index is 5.89. The summed E-state index contributed by atoms with van der Waals surface area (Å²) in [6.45, 7) is 8.02. The number of nitrogens with one attached hydrogen (secondary N) is 1. The van der Waals surface area contributed by atoms with Crippen molar-refractivity contribution in [3.63, 3.8) is 0 Å². The summed E-state index contributed by atoms with van der Waals surface area (Å²) in [5.41, 5.74) is 2.42. The Hall–Kier alpha value is -2.03. The second kappa shape index (κ2) is 7.67. The monoisotopic (exact) mass is 284 g/mol. The Morgan fingerprint density at radius 3 is 2.81 bits per heavy atom. The van der Waals surface area contributed by atoms with Gasteiger partial charge in [0.05, 0.1) is 0 Å². The van der Waals surface area contributed by atoms with Crippen molar-refractivity contribution in [3.05, 3.63) is 53.7 Å². The lowest BCUT2D eigenvalue weighted by atomic mass is 10.0. The molecule has 0 bridgehead atoms. The van der Waals surface area contributed by atoms with E-state index < -0.39 is 0 Å². The highest BCUT2D eigenvalue weighted by molar-refractivity contribution is 5.37. The van der Waals surface area contributed by atoms with Gasteiger partial charge in [-0.25, -0.2) is 4.98 Å². The van der Waals surface area contributed by atoms with Gasteiger partial charge >= 0.3 is 0 Å². The largest absolute Gasteiger partial charge is 0.489 e. The molecule has 0 aliphatic carbocycles. The lowest BCUT2D eigenvalue weighted by Crippen LogP contribution is -2.03. The number of hydrogen-bond donors (Lipinski definition) is 1. The minimum absolute atomic E-state index is 0.513. The number of anilines is 1. The standard InChI is InChI=1S/C18H24N2O/c1-4-9-19-18-11-15(8-10-20-18)13-21-17-7-5-6-16(12-17)14(2)3/h5-8,10-12,14H,4,9,13H2,1-3H3,(H,19,20). The van der Waals surface area contributed by atoms with Gasteiger partial charge < -0.3 is 10.1 Å². The minimum Gasteiger partial charge on any atom is -0.489 e. The SMILES string of the molecule is CCCNc1cc(COc2cccc(C(C)C)c2)ccn1. The summed E-state index contributed by atoms with van der Waals surface area (Å²) >= 11 is 0. The van der Waals surface area contributed by atoms with Crippen molar-refractivity contribution >= 4 is 5.82 Å². The Kier molecular flexibility index (Phi) is 5.61. The van der Waals surface area contributed by atoms with Crippen molar-refractivity contribution in [2.24, 2.45) is 0 Å². The van der Waals surface area contributed by atoms with Crippen LogP contribution in [0.3, 0.4) is 0 Å². The zero-order chi connectivity index (χ0) is 15.1. The molecule has 0 fully saturated rings. The number of pyridine rings is 1. The van der Waals surface area contributed by atoms with Crippen LogP contribution < -0.4 is 10.1 Å². The van der Waals surface area contributed by atoms with Gasteiger partial charge in [-0.15, -0.1) is 0 Å². The van der Waals surface area contributed by atoms with Crippen LogP contribution in [-0.2, 0) is 6.61 Å². The number of aromatic nitrogens is 1. The number of ether oxygens (including phenoxy) is 1. The molecule has 1 aromatic carbocycles. The van der Waals surface area contributed by atoms with Crippen LogP contribution in [0, 0.1) is 0 Å². The number of nitrogens with zero attached hydrogens (tertiary/aromatic N) is 1. The molecule has 0 saturated carbocycles. The van der Waals surface area contributed by atoms with E-state index >= 15 is 0 Å². The molecule has 0 spiro atoms. The average molecular weight is 284 g/mol. The average Bonchev–Trinajstić information content (AvgIpc) is 2.51. The molecule has 0 unspecified atom stereocenters. The van der Waals surface area contributed by atoms with Crippen molar-refractivity contribution < 1.29 is 4.74 Å². The number of benzene rings is 1. The zero-order valence-electron chi connectivity index (χ0n) is 13.1. The maximum atomic E-state index is 5.89. The summed E-state index contributed by atoms with van der Waals surface area (Å²) in [7, 11) is 0. The summed E-state index contributed by atoms with van der Waals surface area (Å²) in [4.78, 5) is 4.30. The molecule has 1 N–H and O–H groups in total. The molecule has 21 heavy (non-hydrogen) atoms. The molecule has 112 valence electrons. The molecule has 2 rings (SSSR count). The Bertz CT molecular complexity index is 567. The second-order valence-electron chi connectivity index (χ2n) is 5.49. The lowest BCUT2D eigenvalue weighted by molar-refractivity contribution is 0.305. The highest BCUT2D eigenvalue weighted by atomic mass is 16.5. The molecule has 2 aromatic rings. The van der Waals surface area contributed by atoms with Gasteiger partial charge in [-0.1, -0.05) is 32.9 Å². The summed E-state index contributed by atoms with van der Waals surface area (Å²) in [5, 5.41) is 3.29. The molecule has 0 aliphatic heterocycles. The van der Waals surface area contributed by atoms with Gasteiger partial charge in [0.1, 0.15) is 18.2 Å². The summed E-state index contributed by atoms with van der Waals surface area (Å²) < 4.78 is 5.89. The lowest BCUT2D eigenvalue weighted by Gasteiger charge is -2.11. The van der Waals surface area contributed by atoms with Crippen LogP contribution in [0.4, 0.5) is 5.82 Å². The Morgan fingerprint density at radius 1 is 1.19 bits per heavy atom. The van der Waals surface area contributed by atoms with Gasteiger partial charge in [-0.2, -0.15) is 0 Å². The van der Waals surface area contributed by atoms with E-state index in [2.05, 4.69) is 43.2 Å². The molecule has 3 heteroatoms. The van der Waals surface area contributed by atoms with Crippen LogP contribution in [0.1, 0.15) is 44.2 Å². The van der Waals surface area contributed by atoms with E-state index in [1.165, 1.54) is 5.56 Å². The van der Waals surface area contributed by atoms with E-state index in [1.54, 1.807) is 0 Å². The van der Waals surface area contributed by atoms with Gasteiger partial charge in [-0.05, 0) is 47.7 Å². The first kappa shape index (κ1) is 15.4. The fourth-order valence-corrected chi connectivity index (χ4v) is 2.04. The predicted molar refractivity (Wildman–Crippen MR) is 87.9 cm³/mol. The van der Waals surface area contributed by atoms with Gasteiger partial charge in [0.15, 0.2) is 0 Å². The first-order valence-electron chi connectivity index (χ1n) is 7.60. The molecule has 0 saturated heterocycles. The summed E-state index contributed by atoms with van der Waals surface area (Å²) in [5.74, 6) is 2.34. The van der Waals surface area contributed by atoms with Crippen molar-refractivity contribution in [2.45, 2.75) is 39.7 Å². The fraction of sp³-hybridized carbons (Fsp3) is 0.389. The van der Waals surface area contributed by atoms with Crippen LogP contribution in [0.5, 0.6) is 5.75 Å². The van der Waals surface area contributed by atoms with E-state index in [4.69, 9.17) is 4.74 Å². The van der Waals surface area contributed by atoms with Gasteiger partial charge in [0.25, 0.3) is 0 Å². The highest BCUT2D eigenvalue weighted by Crippen LogP contribution is 2.21. The molecule has 0 radical (unpaired) electrons. The first-order chi connectivity index (χ1) is 10.2. The van der Waals surface area contributed by atoms with E-state index in [-0.39, 0.29) is 0 Å². The smallest absolute Gasteiger partial charge is 0.126 e. The van der Waals surface area contributed by atoms with Crippen LogP contribution in [-0.4, -0.2) is 11.5 Å². The molecule has 0 atom stereocenters. The molecule has 0 amide bonds. The minimum atomic E-state index is 0.513. The molecule has 1 heterocycles. The molecular formula is C18H24N2O. The number of rotatable bonds is 7. The second-order valence-corrected chi connectivity index (χ2v) is 5.49. The Labute approximate surface area is 127 Å². The van der Waals surface area contributed by atoms with Crippen molar-refractivity contribution in [3.8, 4) is 5.75 Å². The Balaban J connectivity index is 1.97. The van der Waals surface area contributed by atoms with Crippen LogP contribution in [0.2, 0.25) is 0 Å². The van der Waals surface area contributed by atoms with E-state index in [1.807, 2.05) is 30.5 Å². The van der Waals surface area contributed by atoms with E-state index in [9.17, 15) is 0 Å². The molecule has 3 nitrogen and oxygen atoms in total. The molecule has 1 aromatic heterocycles. The summed E-state index contributed by atoms with van der Waals surface area (Å²) in [6, 6.07) is 12.3. The van der Waals surface area contributed by atoms with Crippen molar-refractivity contribution in [1.82, 2.24) is 4.98 Å². The molecule has 0 aliphatic rings. The predicted octanol–water partition coefficient (Wildman–Crippen LogP) is 4.61. The summed E-state index contributed by atoms with van der Waals surface area (Å²) in [6.07, 6.45) is 2.91. The third-order valence-electron chi connectivity index (χ3n) is 3.31. The van der Waals surface area contributed by atoms with E-state index in [0.717, 1.165) is 30.1 Å². The molecular weight excluding hydrogens is 260 g/mol. The maximum Gasteiger partial charge on any atom is 0.126 e. The number of hydrogen-bond acceptors (Lipinski definition) is 3. The zero-order valence-corrected chi connectivity index (χ0v) is 13.1. The van der Waals surface area contributed by atoms with Gasteiger partial charge in [0.2, 0.25) is 0 Å². The topological polar surface area (TPSA) is 34.1 Å². The van der Waals surface area contributed by atoms with Crippen LogP contribution in [0.25, 0.3) is 0 Å². The third kappa shape index (κ3) is 4.78. The van der Waals surface area contributed by atoms with E-state index in [0.29, 0.717) is 12.5 Å². The van der Waals surface area contributed by atoms with Crippen molar-refractivity contribution in [1.29, 1.82) is 0 Å². The van der Waals surface area contributed by atoms with Gasteiger partial charge in [-0.3, -0.25) is 0 Å². The van der Waals surface area contributed by atoms with Crippen molar-refractivity contribution in [2.75, 3.05) is 11.9 Å². The van der Waals surface area contributed by atoms with Gasteiger partial charge in [0, 0.05) is 12.7 Å². The first-order valence-corrected chi connectivity index (χ1v) is 7.60. The highest BCUT2D eigenvalue weighted by Gasteiger charge is 2.02. The quantitative estimate of drug-likeness (QED) is 0.806. The normalized spacial score (nSPS) is 10.7.